The van der Waals surface area contributed by atoms with Gasteiger partial charge in [0.25, 0.3) is 0 Å². The van der Waals surface area contributed by atoms with Gasteiger partial charge in [0.05, 0.1) is 0 Å². The van der Waals surface area contributed by atoms with E-state index in [9.17, 15) is 0 Å². The van der Waals surface area contributed by atoms with Crippen LogP contribution in [0.15, 0.2) is 0 Å². The van der Waals surface area contributed by atoms with E-state index in [2.05, 4.69) is 0 Å². The molecule has 6 rings (SSSR count). The third-order valence-corrected chi connectivity index (χ3v) is 6.26. The number of fused-ring (bicyclic) bond motifs is 3. The van der Waals surface area contributed by atoms with Gasteiger partial charge in [-0.3, -0.25) is 0 Å². The largest absolute Gasteiger partial charge is 0.0499 e. The summed E-state index contributed by atoms with van der Waals surface area (Å²) in [7, 11) is 0. The standard InChI is InChI=1S/C13H20/c1-4-12(5-2-10(1)3-6-12)13-7-11(8-13)9-13/h10-11H,1-9H2. The van der Waals surface area contributed by atoms with Gasteiger partial charge in [-0.05, 0) is 80.5 Å². The zero-order valence-electron chi connectivity index (χ0n) is 8.52. The highest BCUT2D eigenvalue weighted by molar-refractivity contribution is 5.17. The Kier molecular flexibility index (Phi) is 1.12. The maximum Gasteiger partial charge on any atom is -0.0233 e. The van der Waals surface area contributed by atoms with Crippen LogP contribution in [0.2, 0.25) is 0 Å². The fourth-order valence-electron chi connectivity index (χ4n) is 5.17. The fourth-order valence-corrected chi connectivity index (χ4v) is 5.17. The molecule has 0 atom stereocenters. The van der Waals surface area contributed by atoms with E-state index in [0.29, 0.717) is 0 Å². The van der Waals surface area contributed by atoms with Crippen molar-refractivity contribution in [2.75, 3.05) is 0 Å². The van der Waals surface area contributed by atoms with Crippen LogP contribution in [0.3, 0.4) is 0 Å². The van der Waals surface area contributed by atoms with Crippen molar-refractivity contribution >= 4 is 0 Å². The van der Waals surface area contributed by atoms with Gasteiger partial charge in [0.1, 0.15) is 0 Å². The zero-order valence-corrected chi connectivity index (χ0v) is 8.52. The van der Waals surface area contributed by atoms with Crippen molar-refractivity contribution in [2.45, 2.75) is 57.8 Å². The van der Waals surface area contributed by atoms with Crippen LogP contribution in [-0.2, 0) is 0 Å². The van der Waals surface area contributed by atoms with E-state index in [1.165, 1.54) is 5.92 Å². The Morgan fingerprint density at radius 3 is 1.54 bits per heavy atom. The molecule has 0 aromatic heterocycles. The van der Waals surface area contributed by atoms with Crippen molar-refractivity contribution in [3.8, 4) is 0 Å². The Balaban J connectivity index is 1.68. The SMILES string of the molecule is C1CC2(C34CC(C3)C4)CCC1CC2. The van der Waals surface area contributed by atoms with Crippen molar-refractivity contribution in [3.05, 3.63) is 0 Å². The minimum Gasteiger partial charge on any atom is -0.0499 e. The maximum absolute atomic E-state index is 1.64. The third kappa shape index (κ3) is 0.680. The van der Waals surface area contributed by atoms with E-state index in [-0.39, 0.29) is 0 Å². The molecule has 0 spiro atoms. The lowest BCUT2D eigenvalue weighted by atomic mass is 9.32. The van der Waals surface area contributed by atoms with E-state index in [0.717, 1.165) is 16.7 Å². The topological polar surface area (TPSA) is 0 Å². The summed E-state index contributed by atoms with van der Waals surface area (Å²) in [5.74, 6) is 2.34. The van der Waals surface area contributed by atoms with E-state index in [1.807, 2.05) is 0 Å². The van der Waals surface area contributed by atoms with Gasteiger partial charge in [-0.1, -0.05) is 0 Å². The van der Waals surface area contributed by atoms with Crippen molar-refractivity contribution < 1.29 is 0 Å². The number of hydrogen-bond acceptors (Lipinski definition) is 0. The van der Waals surface area contributed by atoms with Crippen LogP contribution in [0.1, 0.15) is 57.8 Å². The molecule has 6 aliphatic carbocycles. The van der Waals surface area contributed by atoms with Gasteiger partial charge < -0.3 is 0 Å². The molecular formula is C13H20. The van der Waals surface area contributed by atoms with Gasteiger partial charge in [0.15, 0.2) is 0 Å². The first-order chi connectivity index (χ1) is 6.32. The lowest BCUT2D eigenvalue weighted by molar-refractivity contribution is -0.231. The highest BCUT2D eigenvalue weighted by Crippen LogP contribution is 2.77. The van der Waals surface area contributed by atoms with Crippen LogP contribution >= 0.6 is 0 Å². The first-order valence-corrected chi connectivity index (χ1v) is 6.32. The second-order valence-corrected chi connectivity index (χ2v) is 6.52. The highest BCUT2D eigenvalue weighted by atomic mass is 14.7. The van der Waals surface area contributed by atoms with E-state index >= 15 is 0 Å². The van der Waals surface area contributed by atoms with Crippen molar-refractivity contribution in [1.82, 2.24) is 0 Å². The third-order valence-electron chi connectivity index (χ3n) is 6.26. The minimum atomic E-state index is 0.885. The summed E-state index contributed by atoms with van der Waals surface area (Å²) >= 11 is 0. The quantitative estimate of drug-likeness (QED) is 0.570. The van der Waals surface area contributed by atoms with Crippen molar-refractivity contribution in [3.63, 3.8) is 0 Å². The fraction of sp³-hybridized carbons (Fsp3) is 1.00. The summed E-state index contributed by atoms with van der Waals surface area (Å²) in [6.45, 7) is 0. The van der Waals surface area contributed by atoms with Crippen LogP contribution in [0.25, 0.3) is 0 Å². The molecule has 0 nitrogen and oxygen atoms in total. The Morgan fingerprint density at radius 1 is 0.615 bits per heavy atom. The summed E-state index contributed by atoms with van der Waals surface area (Å²) in [5.41, 5.74) is 1.81. The monoisotopic (exact) mass is 176 g/mol. The molecule has 4 bridgehead atoms. The van der Waals surface area contributed by atoms with Gasteiger partial charge in [-0.25, -0.2) is 0 Å². The lowest BCUT2D eigenvalue weighted by Crippen LogP contribution is -2.63. The van der Waals surface area contributed by atoms with Gasteiger partial charge >= 0.3 is 0 Å². The van der Waals surface area contributed by atoms with E-state index < -0.39 is 0 Å². The molecule has 0 unspecified atom stereocenters. The van der Waals surface area contributed by atoms with E-state index in [1.54, 1.807) is 57.8 Å². The number of hydrogen-bond donors (Lipinski definition) is 0. The Hall–Kier alpha value is 0. The smallest absolute Gasteiger partial charge is 0.0233 e. The van der Waals surface area contributed by atoms with Gasteiger partial charge in [0, 0.05) is 0 Å². The normalized spacial score (nSPS) is 62.8. The summed E-state index contributed by atoms with van der Waals surface area (Å²) in [6, 6.07) is 0. The minimum absolute atomic E-state index is 0.885. The average molecular weight is 176 g/mol. The second kappa shape index (κ2) is 1.99. The summed E-state index contributed by atoms with van der Waals surface area (Å²) in [6.07, 6.45) is 14.5. The first-order valence-electron chi connectivity index (χ1n) is 6.32. The average Bonchev–Trinajstić information content (AvgIpc) is 2.01. The maximum atomic E-state index is 1.64. The second-order valence-electron chi connectivity index (χ2n) is 6.52. The zero-order chi connectivity index (χ0) is 8.52. The Labute approximate surface area is 81.1 Å². The van der Waals surface area contributed by atoms with E-state index in [4.69, 9.17) is 0 Å². The molecule has 6 fully saturated rings. The lowest BCUT2D eigenvalue weighted by Gasteiger charge is -2.73. The van der Waals surface area contributed by atoms with Gasteiger partial charge in [0.2, 0.25) is 0 Å². The molecule has 0 aliphatic heterocycles. The van der Waals surface area contributed by atoms with Crippen LogP contribution in [0.5, 0.6) is 0 Å². The predicted molar refractivity (Wildman–Crippen MR) is 53.4 cm³/mol. The summed E-state index contributed by atoms with van der Waals surface area (Å²) in [4.78, 5) is 0. The molecule has 0 amide bonds. The Bertz CT molecular complexity index is 214. The van der Waals surface area contributed by atoms with Crippen molar-refractivity contribution in [1.29, 1.82) is 0 Å². The first kappa shape index (κ1) is 7.31. The molecule has 6 saturated carbocycles. The molecule has 0 radical (unpaired) electrons. The molecule has 0 heteroatoms. The predicted octanol–water partition coefficient (Wildman–Crippen LogP) is 3.76. The molecule has 0 aromatic carbocycles. The number of rotatable bonds is 1. The molecule has 72 valence electrons. The van der Waals surface area contributed by atoms with Gasteiger partial charge in [-0.2, -0.15) is 0 Å². The molecular weight excluding hydrogens is 156 g/mol. The molecule has 0 saturated heterocycles. The van der Waals surface area contributed by atoms with Crippen LogP contribution in [0, 0.1) is 22.7 Å². The van der Waals surface area contributed by atoms with Crippen LogP contribution < -0.4 is 0 Å². The summed E-state index contributed by atoms with van der Waals surface area (Å²) in [5, 5.41) is 0. The van der Waals surface area contributed by atoms with Gasteiger partial charge in [-0.15, -0.1) is 0 Å². The summed E-state index contributed by atoms with van der Waals surface area (Å²) < 4.78 is 0. The molecule has 13 heavy (non-hydrogen) atoms. The van der Waals surface area contributed by atoms with Crippen LogP contribution in [-0.4, -0.2) is 0 Å². The molecule has 0 aromatic rings. The molecule has 0 N–H and O–H groups in total. The molecule has 6 aliphatic rings. The van der Waals surface area contributed by atoms with Crippen LogP contribution in [0.4, 0.5) is 0 Å². The van der Waals surface area contributed by atoms with Crippen molar-refractivity contribution in [2.24, 2.45) is 22.7 Å². The Morgan fingerprint density at radius 2 is 1.15 bits per heavy atom. The highest BCUT2D eigenvalue weighted by Gasteiger charge is 2.67. The molecule has 0 heterocycles.